The molecule has 1 aromatic heterocycles. The van der Waals surface area contributed by atoms with Crippen LogP contribution in [0.25, 0.3) is 11.5 Å². The molecule has 0 aliphatic heterocycles. The van der Waals surface area contributed by atoms with Crippen LogP contribution in [0.1, 0.15) is 63.7 Å². The van der Waals surface area contributed by atoms with Crippen molar-refractivity contribution in [3.8, 4) is 23.0 Å². The Labute approximate surface area is 187 Å². The molecule has 1 aliphatic carbocycles. The second kappa shape index (κ2) is 8.72. The van der Waals surface area contributed by atoms with Gasteiger partial charge >= 0.3 is 12.1 Å². The fourth-order valence-electron chi connectivity index (χ4n) is 3.04. The molecule has 0 unspecified atom stereocenters. The highest BCUT2D eigenvalue weighted by Crippen LogP contribution is 2.37. The first kappa shape index (κ1) is 23.4. The first-order chi connectivity index (χ1) is 14.9. The minimum Gasteiger partial charge on any atom is -0.493 e. The molecule has 9 heteroatoms. The lowest BCUT2D eigenvalue weighted by atomic mass is 10.0. The summed E-state index contributed by atoms with van der Waals surface area (Å²) in [4.78, 5) is 28.3. The van der Waals surface area contributed by atoms with Crippen LogP contribution in [0.3, 0.4) is 0 Å². The summed E-state index contributed by atoms with van der Waals surface area (Å²) in [6.07, 6.45) is 1.59. The highest BCUT2D eigenvalue weighted by Gasteiger charge is 2.36. The van der Waals surface area contributed by atoms with Gasteiger partial charge in [0.15, 0.2) is 23.0 Å². The molecule has 0 radical (unpaired) electrons. The Balaban J connectivity index is 1.92. The number of amides is 1. The maximum Gasteiger partial charge on any atom is 0.408 e. The monoisotopic (exact) mass is 446 g/mol. The molecule has 1 amide bonds. The SMILES string of the molecule is COc1ccc(-c2nc(C(=O)O)c(C(C)(C)NC(=O)OC(C)(C)C)o2)cc1OCC1CC1. The Bertz CT molecular complexity index is 1000. The van der Waals surface area contributed by atoms with E-state index >= 15 is 0 Å². The molecule has 2 N–H and O–H groups in total. The number of nitrogens with one attached hydrogen (secondary N) is 1. The molecule has 2 aromatic rings. The standard InChI is InChI=1S/C23H30N2O7/c1-22(2,3)32-21(28)25-23(4,5)18-17(20(26)27)24-19(31-18)14-9-10-15(29-6)16(11-14)30-12-13-7-8-13/h9-11,13H,7-8,12H2,1-6H3,(H,25,28)(H,26,27). The molecule has 1 fully saturated rings. The van der Waals surface area contributed by atoms with Crippen LogP contribution >= 0.6 is 0 Å². The van der Waals surface area contributed by atoms with Gasteiger partial charge in [-0.25, -0.2) is 14.6 Å². The van der Waals surface area contributed by atoms with Crippen molar-refractivity contribution in [1.29, 1.82) is 0 Å². The van der Waals surface area contributed by atoms with Crippen molar-refractivity contribution in [3.63, 3.8) is 0 Å². The Morgan fingerprint density at radius 2 is 1.88 bits per heavy atom. The topological polar surface area (TPSA) is 120 Å². The summed E-state index contributed by atoms with van der Waals surface area (Å²) in [6, 6.07) is 5.13. The van der Waals surface area contributed by atoms with Crippen molar-refractivity contribution in [3.05, 3.63) is 29.7 Å². The van der Waals surface area contributed by atoms with Crippen molar-refractivity contribution in [2.45, 2.75) is 58.6 Å². The van der Waals surface area contributed by atoms with E-state index in [4.69, 9.17) is 18.6 Å². The molecule has 1 heterocycles. The first-order valence-corrected chi connectivity index (χ1v) is 10.5. The van der Waals surface area contributed by atoms with Crippen LogP contribution in [0.2, 0.25) is 0 Å². The van der Waals surface area contributed by atoms with E-state index in [1.165, 1.54) is 0 Å². The van der Waals surface area contributed by atoms with E-state index in [-0.39, 0.29) is 17.3 Å². The Hall–Kier alpha value is -3.23. The van der Waals surface area contributed by atoms with Crippen molar-refractivity contribution in [1.82, 2.24) is 10.3 Å². The van der Waals surface area contributed by atoms with Crippen LogP contribution < -0.4 is 14.8 Å². The third-order valence-corrected chi connectivity index (χ3v) is 4.79. The summed E-state index contributed by atoms with van der Waals surface area (Å²) in [5.74, 6) is 0.464. The van der Waals surface area contributed by atoms with Crippen LogP contribution in [0.15, 0.2) is 22.6 Å². The predicted molar refractivity (Wildman–Crippen MR) is 116 cm³/mol. The number of carbonyl (C=O) groups excluding carboxylic acids is 1. The van der Waals surface area contributed by atoms with Gasteiger partial charge in [-0.1, -0.05) is 0 Å². The molecule has 0 spiro atoms. The van der Waals surface area contributed by atoms with E-state index in [2.05, 4.69) is 10.3 Å². The number of ether oxygens (including phenoxy) is 3. The molecule has 1 aliphatic rings. The summed E-state index contributed by atoms with van der Waals surface area (Å²) in [6.45, 7) is 9.03. The van der Waals surface area contributed by atoms with Crippen LogP contribution in [-0.2, 0) is 10.3 Å². The quantitative estimate of drug-likeness (QED) is 0.604. The minimum absolute atomic E-state index is 0.00197. The molecule has 0 atom stereocenters. The smallest absolute Gasteiger partial charge is 0.408 e. The molecular weight excluding hydrogens is 416 g/mol. The van der Waals surface area contributed by atoms with Gasteiger partial charge in [-0.2, -0.15) is 0 Å². The summed E-state index contributed by atoms with van der Waals surface area (Å²) in [5, 5.41) is 12.3. The van der Waals surface area contributed by atoms with Crippen molar-refractivity contribution < 1.29 is 33.3 Å². The van der Waals surface area contributed by atoms with Gasteiger partial charge in [-0.15, -0.1) is 0 Å². The van der Waals surface area contributed by atoms with E-state index < -0.39 is 23.2 Å². The maximum absolute atomic E-state index is 12.3. The number of oxazole rings is 1. The lowest BCUT2D eigenvalue weighted by molar-refractivity contribution is 0.0453. The highest BCUT2D eigenvalue weighted by atomic mass is 16.6. The largest absolute Gasteiger partial charge is 0.493 e. The average Bonchev–Trinajstić information content (AvgIpc) is 3.38. The minimum atomic E-state index is -1.27. The number of alkyl carbamates (subject to hydrolysis) is 1. The van der Waals surface area contributed by atoms with E-state index in [9.17, 15) is 14.7 Å². The van der Waals surface area contributed by atoms with E-state index in [1.54, 1.807) is 59.9 Å². The summed E-state index contributed by atoms with van der Waals surface area (Å²) < 4.78 is 22.4. The van der Waals surface area contributed by atoms with Crippen molar-refractivity contribution in [2.24, 2.45) is 5.92 Å². The number of rotatable bonds is 8. The first-order valence-electron chi connectivity index (χ1n) is 10.5. The number of carboxylic acid groups (broad SMARTS) is 1. The number of aromatic carboxylic acids is 1. The zero-order valence-electron chi connectivity index (χ0n) is 19.3. The number of nitrogens with zero attached hydrogens (tertiary/aromatic N) is 1. The van der Waals surface area contributed by atoms with Crippen LogP contribution in [0.5, 0.6) is 11.5 Å². The lowest BCUT2D eigenvalue weighted by Crippen LogP contribution is -2.44. The van der Waals surface area contributed by atoms with Crippen molar-refractivity contribution in [2.75, 3.05) is 13.7 Å². The molecule has 9 nitrogen and oxygen atoms in total. The van der Waals surface area contributed by atoms with E-state index in [0.717, 1.165) is 12.8 Å². The zero-order chi connectivity index (χ0) is 23.7. The summed E-state index contributed by atoms with van der Waals surface area (Å²) >= 11 is 0. The van der Waals surface area contributed by atoms with Gasteiger partial charge in [0.05, 0.1) is 19.3 Å². The Kier molecular flexibility index (Phi) is 6.39. The van der Waals surface area contributed by atoms with Gasteiger partial charge in [0.2, 0.25) is 5.89 Å². The molecule has 1 saturated carbocycles. The van der Waals surface area contributed by atoms with Crippen LogP contribution in [-0.4, -0.2) is 41.5 Å². The molecular formula is C23H30N2O7. The van der Waals surface area contributed by atoms with Gasteiger partial charge in [0.1, 0.15) is 5.60 Å². The van der Waals surface area contributed by atoms with Gasteiger partial charge in [0, 0.05) is 5.56 Å². The van der Waals surface area contributed by atoms with Gasteiger partial charge in [-0.3, -0.25) is 0 Å². The number of carboxylic acids is 1. The molecule has 32 heavy (non-hydrogen) atoms. The number of benzene rings is 1. The molecule has 0 bridgehead atoms. The van der Waals surface area contributed by atoms with E-state index in [0.29, 0.717) is 29.6 Å². The third-order valence-electron chi connectivity index (χ3n) is 4.79. The van der Waals surface area contributed by atoms with Gasteiger partial charge in [-0.05, 0) is 71.6 Å². The van der Waals surface area contributed by atoms with Crippen LogP contribution in [0, 0.1) is 5.92 Å². The molecule has 3 rings (SSSR count). The zero-order valence-corrected chi connectivity index (χ0v) is 19.3. The Morgan fingerprint density at radius 3 is 2.44 bits per heavy atom. The number of hydrogen-bond donors (Lipinski definition) is 2. The second-order valence-electron chi connectivity index (χ2n) is 9.37. The highest BCUT2D eigenvalue weighted by molar-refractivity contribution is 5.88. The van der Waals surface area contributed by atoms with Crippen molar-refractivity contribution >= 4 is 12.1 Å². The average molecular weight is 447 g/mol. The summed E-state index contributed by atoms with van der Waals surface area (Å²) in [5.41, 5.74) is -1.67. The summed E-state index contributed by atoms with van der Waals surface area (Å²) in [7, 11) is 1.55. The second-order valence-corrected chi connectivity index (χ2v) is 9.37. The number of aromatic nitrogens is 1. The predicted octanol–water partition coefficient (Wildman–Crippen LogP) is 4.60. The number of hydrogen-bond acceptors (Lipinski definition) is 7. The van der Waals surface area contributed by atoms with Gasteiger partial charge < -0.3 is 29.1 Å². The number of carbonyl (C=O) groups is 2. The maximum atomic E-state index is 12.3. The van der Waals surface area contributed by atoms with E-state index in [1.807, 2.05) is 0 Å². The normalized spacial score (nSPS) is 14.1. The molecule has 0 saturated heterocycles. The molecule has 1 aromatic carbocycles. The fourth-order valence-corrected chi connectivity index (χ4v) is 3.04. The van der Waals surface area contributed by atoms with Crippen LogP contribution in [0.4, 0.5) is 4.79 Å². The third kappa shape index (κ3) is 5.72. The van der Waals surface area contributed by atoms with Gasteiger partial charge in [0.25, 0.3) is 0 Å². The Morgan fingerprint density at radius 1 is 1.19 bits per heavy atom. The number of methoxy groups -OCH3 is 1. The fraction of sp³-hybridized carbons (Fsp3) is 0.522. The molecule has 174 valence electrons. The lowest BCUT2D eigenvalue weighted by Gasteiger charge is -2.27.